The van der Waals surface area contributed by atoms with Gasteiger partial charge in [-0.05, 0) is 12.8 Å². The highest BCUT2D eigenvalue weighted by molar-refractivity contribution is 7.09. The van der Waals surface area contributed by atoms with Crippen LogP contribution in [0.25, 0.3) is 0 Å². The van der Waals surface area contributed by atoms with Crippen molar-refractivity contribution in [2.75, 3.05) is 31.1 Å². The number of nitrogens with zero attached hydrogens (tertiary/aromatic N) is 3. The first kappa shape index (κ1) is 16.2. The van der Waals surface area contributed by atoms with Gasteiger partial charge in [-0.25, -0.2) is 4.98 Å². The predicted molar refractivity (Wildman–Crippen MR) is 85.6 cm³/mol. The monoisotopic (exact) mass is 311 g/mol. The predicted octanol–water partition coefficient (Wildman–Crippen LogP) is 1.13. The molecule has 1 amide bonds. The zero-order valence-electron chi connectivity index (χ0n) is 13.1. The highest BCUT2D eigenvalue weighted by Gasteiger charge is 2.28. The number of carbonyl (C=O) groups is 1. The van der Waals surface area contributed by atoms with E-state index in [4.69, 9.17) is 5.73 Å². The van der Waals surface area contributed by atoms with E-state index in [-0.39, 0.29) is 17.2 Å². The number of hydrogen-bond acceptors (Lipinski definition) is 6. The maximum absolute atomic E-state index is 12.1. The van der Waals surface area contributed by atoms with Gasteiger partial charge in [0.05, 0.1) is 5.92 Å². The first-order valence-electron chi connectivity index (χ1n) is 7.48. The standard InChI is InChI=1S/C14H25N5OS/c1-14(2,3)12-17-13(21-18-12)19-8-4-5-10(9-19)11(20)16-7-6-15/h10H,4-9,15H2,1-3H3,(H,16,20). The highest BCUT2D eigenvalue weighted by atomic mass is 32.1. The summed E-state index contributed by atoms with van der Waals surface area (Å²) in [4.78, 5) is 18.9. The summed E-state index contributed by atoms with van der Waals surface area (Å²) in [6.45, 7) is 9.01. The topological polar surface area (TPSA) is 84.1 Å². The van der Waals surface area contributed by atoms with Gasteiger partial charge in [0.1, 0.15) is 5.82 Å². The van der Waals surface area contributed by atoms with Crippen LogP contribution in [-0.4, -0.2) is 41.4 Å². The first-order chi connectivity index (χ1) is 9.91. The van der Waals surface area contributed by atoms with E-state index in [2.05, 4.69) is 40.3 Å². The summed E-state index contributed by atoms with van der Waals surface area (Å²) < 4.78 is 4.45. The Bertz CT molecular complexity index is 482. The lowest BCUT2D eigenvalue weighted by molar-refractivity contribution is -0.125. The molecule has 3 N–H and O–H groups in total. The van der Waals surface area contributed by atoms with Crippen molar-refractivity contribution in [2.45, 2.75) is 39.0 Å². The molecule has 2 heterocycles. The average Bonchev–Trinajstić information content (AvgIpc) is 2.95. The van der Waals surface area contributed by atoms with Gasteiger partial charge in [-0.1, -0.05) is 20.8 Å². The van der Waals surface area contributed by atoms with E-state index < -0.39 is 0 Å². The van der Waals surface area contributed by atoms with Crippen molar-refractivity contribution in [2.24, 2.45) is 11.7 Å². The van der Waals surface area contributed by atoms with Crippen molar-refractivity contribution in [3.05, 3.63) is 5.82 Å². The van der Waals surface area contributed by atoms with Gasteiger partial charge in [-0.3, -0.25) is 4.79 Å². The van der Waals surface area contributed by atoms with Crippen molar-refractivity contribution >= 4 is 22.6 Å². The lowest BCUT2D eigenvalue weighted by Gasteiger charge is -2.31. The minimum atomic E-state index is -0.0392. The molecule has 0 spiro atoms. The van der Waals surface area contributed by atoms with Crippen LogP contribution in [0.1, 0.15) is 39.4 Å². The number of rotatable bonds is 4. The van der Waals surface area contributed by atoms with E-state index in [1.54, 1.807) is 0 Å². The Morgan fingerprint density at radius 1 is 1.52 bits per heavy atom. The molecular weight excluding hydrogens is 286 g/mol. The number of amides is 1. The van der Waals surface area contributed by atoms with Crippen LogP contribution >= 0.6 is 11.5 Å². The summed E-state index contributed by atoms with van der Waals surface area (Å²) in [6, 6.07) is 0. The molecule has 0 saturated carbocycles. The molecule has 1 atom stereocenters. The molecule has 1 saturated heterocycles. The number of nitrogens with one attached hydrogen (secondary N) is 1. The summed E-state index contributed by atoms with van der Waals surface area (Å²) >= 11 is 1.43. The number of carbonyl (C=O) groups excluding carboxylic acids is 1. The average molecular weight is 311 g/mol. The Kier molecular flexibility index (Phi) is 5.16. The molecule has 0 aromatic carbocycles. The molecule has 2 rings (SSSR count). The van der Waals surface area contributed by atoms with Gasteiger partial charge in [-0.15, -0.1) is 0 Å². The fourth-order valence-corrected chi connectivity index (χ4v) is 3.24. The highest BCUT2D eigenvalue weighted by Crippen LogP contribution is 2.28. The molecule has 1 aromatic rings. The SMILES string of the molecule is CC(C)(C)c1nsc(N2CCCC(C(=O)NCCN)C2)n1. The second kappa shape index (κ2) is 6.70. The fraction of sp³-hybridized carbons (Fsp3) is 0.786. The van der Waals surface area contributed by atoms with Crippen LogP contribution < -0.4 is 16.0 Å². The molecule has 0 aliphatic carbocycles. The van der Waals surface area contributed by atoms with Crippen molar-refractivity contribution in [3.63, 3.8) is 0 Å². The van der Waals surface area contributed by atoms with Crippen LogP contribution in [0.3, 0.4) is 0 Å². The fourth-order valence-electron chi connectivity index (χ4n) is 2.35. The summed E-state index contributed by atoms with van der Waals surface area (Å²) in [5.41, 5.74) is 5.39. The Labute approximate surface area is 130 Å². The molecule has 118 valence electrons. The summed E-state index contributed by atoms with van der Waals surface area (Å²) in [7, 11) is 0. The summed E-state index contributed by atoms with van der Waals surface area (Å²) in [5, 5.41) is 3.81. The zero-order valence-corrected chi connectivity index (χ0v) is 13.9. The number of anilines is 1. The molecule has 21 heavy (non-hydrogen) atoms. The Morgan fingerprint density at radius 2 is 2.29 bits per heavy atom. The Morgan fingerprint density at radius 3 is 2.90 bits per heavy atom. The van der Waals surface area contributed by atoms with Gasteiger partial charge >= 0.3 is 0 Å². The van der Waals surface area contributed by atoms with Crippen LogP contribution in [0.2, 0.25) is 0 Å². The number of hydrogen-bond donors (Lipinski definition) is 2. The van der Waals surface area contributed by atoms with E-state index in [1.807, 2.05) is 0 Å². The van der Waals surface area contributed by atoms with E-state index in [0.717, 1.165) is 36.9 Å². The first-order valence-corrected chi connectivity index (χ1v) is 8.26. The van der Waals surface area contributed by atoms with Gasteiger partial charge in [0.15, 0.2) is 0 Å². The molecule has 1 unspecified atom stereocenters. The largest absolute Gasteiger partial charge is 0.355 e. The van der Waals surface area contributed by atoms with E-state index in [1.165, 1.54) is 11.5 Å². The molecular formula is C14H25N5OS. The Hall–Kier alpha value is -1.21. The van der Waals surface area contributed by atoms with Gasteiger partial charge in [0.25, 0.3) is 0 Å². The van der Waals surface area contributed by atoms with Crippen molar-refractivity contribution in [3.8, 4) is 0 Å². The smallest absolute Gasteiger partial charge is 0.224 e. The minimum Gasteiger partial charge on any atom is -0.355 e. The third kappa shape index (κ3) is 4.14. The summed E-state index contributed by atoms with van der Waals surface area (Å²) in [5.74, 6) is 0.996. The number of nitrogens with two attached hydrogens (primary N) is 1. The lowest BCUT2D eigenvalue weighted by atomic mass is 9.96. The second-order valence-electron chi connectivity index (χ2n) is 6.52. The molecule has 1 aromatic heterocycles. The maximum atomic E-state index is 12.1. The third-order valence-corrected chi connectivity index (χ3v) is 4.37. The van der Waals surface area contributed by atoms with Crippen LogP contribution in [-0.2, 0) is 10.2 Å². The lowest BCUT2D eigenvalue weighted by Crippen LogP contribution is -2.44. The third-order valence-electron chi connectivity index (χ3n) is 3.59. The molecule has 1 fully saturated rings. The van der Waals surface area contributed by atoms with E-state index in [0.29, 0.717) is 13.1 Å². The van der Waals surface area contributed by atoms with E-state index in [9.17, 15) is 4.79 Å². The number of aromatic nitrogens is 2. The van der Waals surface area contributed by atoms with Crippen LogP contribution in [0.4, 0.5) is 5.13 Å². The van der Waals surface area contributed by atoms with Crippen molar-refractivity contribution < 1.29 is 4.79 Å². The maximum Gasteiger partial charge on any atom is 0.224 e. The molecule has 7 heteroatoms. The van der Waals surface area contributed by atoms with Gasteiger partial charge in [0, 0.05) is 43.1 Å². The van der Waals surface area contributed by atoms with Gasteiger partial charge < -0.3 is 16.0 Å². The quantitative estimate of drug-likeness (QED) is 0.871. The van der Waals surface area contributed by atoms with Gasteiger partial charge in [-0.2, -0.15) is 4.37 Å². The molecule has 6 nitrogen and oxygen atoms in total. The minimum absolute atomic E-state index is 0.0206. The van der Waals surface area contributed by atoms with Crippen molar-refractivity contribution in [1.82, 2.24) is 14.7 Å². The second-order valence-corrected chi connectivity index (χ2v) is 7.25. The molecule has 1 aliphatic rings. The normalized spacial score (nSPS) is 19.6. The van der Waals surface area contributed by atoms with Gasteiger partial charge in [0.2, 0.25) is 11.0 Å². The number of piperidine rings is 1. The van der Waals surface area contributed by atoms with Crippen LogP contribution in [0, 0.1) is 5.92 Å². The summed E-state index contributed by atoms with van der Waals surface area (Å²) in [6.07, 6.45) is 1.93. The molecule has 0 radical (unpaired) electrons. The zero-order chi connectivity index (χ0) is 15.5. The van der Waals surface area contributed by atoms with Crippen molar-refractivity contribution in [1.29, 1.82) is 0 Å². The molecule has 1 aliphatic heterocycles. The van der Waals surface area contributed by atoms with Crippen LogP contribution in [0.15, 0.2) is 0 Å². The Balaban J connectivity index is 2.00. The molecule has 0 bridgehead atoms. The van der Waals surface area contributed by atoms with E-state index >= 15 is 0 Å². The van der Waals surface area contributed by atoms with Crippen LogP contribution in [0.5, 0.6) is 0 Å².